The van der Waals surface area contributed by atoms with Crippen LogP contribution in [-0.4, -0.2) is 11.0 Å². The molecule has 1 saturated carbocycles. The van der Waals surface area contributed by atoms with Gasteiger partial charge in [0.25, 0.3) is 5.69 Å². The topological polar surface area (TPSA) is 29.5 Å². The number of hydrogen-bond acceptors (Lipinski definition) is 4. The minimum Gasteiger partial charge on any atom is -0.337 e. The van der Waals surface area contributed by atoms with Crippen molar-refractivity contribution in [1.29, 1.82) is 0 Å². The normalized spacial score (nSPS) is 25.2. The van der Waals surface area contributed by atoms with E-state index in [-0.39, 0.29) is 6.10 Å². The SMILES string of the molecule is OP(=S)(OC1CCCCC1)SS. The van der Waals surface area contributed by atoms with Crippen molar-refractivity contribution < 1.29 is 9.42 Å². The highest BCUT2D eigenvalue weighted by molar-refractivity contribution is 8.98. The highest BCUT2D eigenvalue weighted by Crippen LogP contribution is 2.59. The van der Waals surface area contributed by atoms with Crippen LogP contribution in [0.25, 0.3) is 0 Å². The van der Waals surface area contributed by atoms with Gasteiger partial charge in [0.1, 0.15) is 0 Å². The molecule has 0 bridgehead atoms. The molecule has 0 aromatic heterocycles. The Morgan fingerprint density at radius 3 is 2.50 bits per heavy atom. The molecule has 1 aliphatic carbocycles. The Morgan fingerprint density at radius 1 is 1.42 bits per heavy atom. The molecule has 0 aliphatic heterocycles. The molecule has 72 valence electrons. The largest absolute Gasteiger partial charge is 0.337 e. The van der Waals surface area contributed by atoms with E-state index in [1.165, 1.54) is 19.3 Å². The summed E-state index contributed by atoms with van der Waals surface area (Å²) >= 11 is 8.74. The molecule has 1 N–H and O–H groups in total. The molecule has 0 aromatic carbocycles. The van der Waals surface area contributed by atoms with E-state index in [9.17, 15) is 4.89 Å². The molecule has 0 radical (unpaired) electrons. The molecule has 2 nitrogen and oxygen atoms in total. The zero-order valence-corrected chi connectivity index (χ0v) is 10.1. The van der Waals surface area contributed by atoms with Crippen molar-refractivity contribution in [2.75, 3.05) is 0 Å². The molecule has 12 heavy (non-hydrogen) atoms. The van der Waals surface area contributed by atoms with Gasteiger partial charge < -0.3 is 9.42 Å². The first-order valence-corrected chi connectivity index (χ1v) is 9.13. The molecular weight excluding hydrogens is 231 g/mol. The third-order valence-electron chi connectivity index (χ3n) is 1.94. The highest BCUT2D eigenvalue weighted by Gasteiger charge is 2.21. The standard InChI is InChI=1S/C6H13O2PS3/c7-9(10,12-11)8-6-4-2-1-3-5-6/h6,11H,1-5H2,(H,7,10). The van der Waals surface area contributed by atoms with E-state index in [0.717, 1.165) is 23.3 Å². The maximum Gasteiger partial charge on any atom is 0.255 e. The summed E-state index contributed by atoms with van der Waals surface area (Å²) in [6.45, 7) is 0. The van der Waals surface area contributed by atoms with Crippen LogP contribution in [0.1, 0.15) is 32.1 Å². The van der Waals surface area contributed by atoms with Gasteiger partial charge in [0.2, 0.25) is 0 Å². The van der Waals surface area contributed by atoms with Crippen LogP contribution in [0.3, 0.4) is 0 Å². The Hall–Kier alpha value is 1.27. The highest BCUT2D eigenvalue weighted by atomic mass is 33.4. The molecule has 1 aliphatic rings. The van der Waals surface area contributed by atoms with E-state index in [0.29, 0.717) is 0 Å². The van der Waals surface area contributed by atoms with Crippen molar-refractivity contribution in [3.8, 4) is 0 Å². The van der Waals surface area contributed by atoms with Gasteiger partial charge in [-0.1, -0.05) is 19.3 Å². The smallest absolute Gasteiger partial charge is 0.255 e. The first kappa shape index (κ1) is 11.3. The zero-order chi connectivity index (χ0) is 9.03. The van der Waals surface area contributed by atoms with Crippen molar-refractivity contribution in [2.45, 2.75) is 38.2 Å². The summed E-state index contributed by atoms with van der Waals surface area (Å²) in [5, 5.41) is 0. The van der Waals surface area contributed by atoms with Gasteiger partial charge in [0.05, 0.1) is 6.10 Å². The molecule has 6 heteroatoms. The lowest BCUT2D eigenvalue weighted by atomic mass is 9.98. The number of thiol groups is 1. The van der Waals surface area contributed by atoms with Gasteiger partial charge in [0.15, 0.2) is 0 Å². The maximum atomic E-state index is 9.47. The van der Waals surface area contributed by atoms with Crippen molar-refractivity contribution >= 4 is 39.6 Å². The van der Waals surface area contributed by atoms with Gasteiger partial charge in [-0.3, -0.25) is 0 Å². The van der Waals surface area contributed by atoms with Crippen molar-refractivity contribution in [3.63, 3.8) is 0 Å². The van der Waals surface area contributed by atoms with Crippen LogP contribution in [0.4, 0.5) is 0 Å². The Bertz CT molecular complexity index is 182. The van der Waals surface area contributed by atoms with E-state index in [1.807, 2.05) is 0 Å². The molecule has 0 spiro atoms. The Morgan fingerprint density at radius 2 is 2.00 bits per heavy atom. The van der Waals surface area contributed by atoms with Crippen LogP contribution in [0.15, 0.2) is 0 Å². The van der Waals surface area contributed by atoms with Crippen LogP contribution in [0.2, 0.25) is 0 Å². The molecule has 1 rings (SSSR count). The van der Waals surface area contributed by atoms with Crippen LogP contribution < -0.4 is 0 Å². The Labute approximate surface area is 87.2 Å². The van der Waals surface area contributed by atoms with Gasteiger partial charge in [-0.25, -0.2) is 0 Å². The van der Waals surface area contributed by atoms with Crippen LogP contribution >= 0.6 is 27.8 Å². The summed E-state index contributed by atoms with van der Waals surface area (Å²) in [4.78, 5) is 9.47. The Kier molecular flexibility index (Phi) is 4.94. The van der Waals surface area contributed by atoms with Crippen LogP contribution in [0, 0.1) is 0 Å². The summed E-state index contributed by atoms with van der Waals surface area (Å²) in [6, 6.07) is 0. The van der Waals surface area contributed by atoms with Gasteiger partial charge in [0, 0.05) is 0 Å². The molecule has 1 fully saturated rings. The predicted molar refractivity (Wildman–Crippen MR) is 61.0 cm³/mol. The van der Waals surface area contributed by atoms with E-state index < -0.39 is 5.69 Å². The molecule has 0 aromatic rings. The lowest BCUT2D eigenvalue weighted by molar-refractivity contribution is 0.161. The minimum atomic E-state index is -2.63. The van der Waals surface area contributed by atoms with Crippen molar-refractivity contribution in [3.05, 3.63) is 0 Å². The summed E-state index contributed by atoms with van der Waals surface area (Å²) in [5.41, 5.74) is -2.63. The van der Waals surface area contributed by atoms with Gasteiger partial charge >= 0.3 is 0 Å². The first-order chi connectivity index (χ1) is 5.64. The fourth-order valence-corrected chi connectivity index (χ4v) is 3.20. The van der Waals surface area contributed by atoms with E-state index in [1.54, 1.807) is 0 Å². The fraction of sp³-hybridized carbons (Fsp3) is 1.00. The molecular formula is C6H13O2PS3. The van der Waals surface area contributed by atoms with Gasteiger partial charge in [-0.05, 0) is 35.1 Å². The van der Waals surface area contributed by atoms with Gasteiger partial charge in [-0.2, -0.15) is 0 Å². The quantitative estimate of drug-likeness (QED) is 0.453. The second-order valence-corrected chi connectivity index (χ2v) is 9.85. The predicted octanol–water partition coefficient (Wildman–Crippen LogP) is 3.13. The monoisotopic (exact) mass is 244 g/mol. The fourth-order valence-electron chi connectivity index (χ4n) is 1.38. The molecule has 1 atom stereocenters. The number of hydrogen-bond donors (Lipinski definition) is 2. The third-order valence-corrected chi connectivity index (χ3v) is 7.50. The van der Waals surface area contributed by atoms with Crippen LogP contribution in [-0.2, 0) is 16.3 Å². The van der Waals surface area contributed by atoms with Crippen LogP contribution in [0.5, 0.6) is 0 Å². The molecule has 0 amide bonds. The average molecular weight is 244 g/mol. The lowest BCUT2D eigenvalue weighted by Crippen LogP contribution is -2.14. The first-order valence-electron chi connectivity index (χ1n) is 3.98. The van der Waals surface area contributed by atoms with E-state index >= 15 is 0 Å². The summed E-state index contributed by atoms with van der Waals surface area (Å²) in [5.74, 6) is 0. The summed E-state index contributed by atoms with van der Waals surface area (Å²) in [7, 11) is 0.974. The summed E-state index contributed by atoms with van der Waals surface area (Å²) in [6.07, 6.45) is 5.91. The Balaban J connectivity index is 2.34. The molecule has 1 unspecified atom stereocenters. The van der Waals surface area contributed by atoms with E-state index in [2.05, 4.69) is 11.7 Å². The van der Waals surface area contributed by atoms with E-state index in [4.69, 9.17) is 16.3 Å². The minimum absolute atomic E-state index is 0.175. The lowest BCUT2D eigenvalue weighted by Gasteiger charge is -2.24. The zero-order valence-electron chi connectivity index (χ0n) is 6.68. The second-order valence-electron chi connectivity index (χ2n) is 2.92. The van der Waals surface area contributed by atoms with Gasteiger partial charge in [-0.15, -0.1) is 11.7 Å². The number of rotatable bonds is 3. The van der Waals surface area contributed by atoms with Crippen molar-refractivity contribution in [1.82, 2.24) is 0 Å². The second kappa shape index (κ2) is 5.23. The summed E-state index contributed by atoms with van der Waals surface area (Å²) < 4.78 is 5.40. The molecule has 0 heterocycles. The molecule has 0 saturated heterocycles. The maximum absolute atomic E-state index is 9.47. The van der Waals surface area contributed by atoms with Crippen molar-refractivity contribution in [2.24, 2.45) is 0 Å². The average Bonchev–Trinajstić information content (AvgIpc) is 2.06. The third kappa shape index (κ3) is 3.99.